The summed E-state index contributed by atoms with van der Waals surface area (Å²) < 4.78 is 33.5. The maximum atomic E-state index is 14.1. The van der Waals surface area contributed by atoms with E-state index in [2.05, 4.69) is 0 Å². The predicted octanol–water partition coefficient (Wildman–Crippen LogP) is 1.96. The zero-order valence-corrected chi connectivity index (χ0v) is 11.0. The summed E-state index contributed by atoms with van der Waals surface area (Å²) >= 11 is 0. The highest BCUT2D eigenvalue weighted by Gasteiger charge is 2.57. The van der Waals surface area contributed by atoms with Crippen LogP contribution >= 0.6 is 0 Å². The first-order valence-electron chi connectivity index (χ1n) is 6.57. The third kappa shape index (κ3) is 2.23. The fraction of sp³-hybridized carbons (Fsp3) is 0.250. The molecule has 2 atom stereocenters. The van der Waals surface area contributed by atoms with Crippen LogP contribution in [0.5, 0.6) is 0 Å². The molecular weight excluding hydrogens is 278 g/mol. The van der Waals surface area contributed by atoms with Gasteiger partial charge in [-0.15, -0.1) is 0 Å². The summed E-state index contributed by atoms with van der Waals surface area (Å²) in [4.78, 5) is 0. The van der Waals surface area contributed by atoms with Crippen molar-refractivity contribution in [2.75, 3.05) is 6.61 Å². The molecule has 1 aliphatic rings. The molecule has 1 fully saturated rings. The number of epoxide rings is 1. The lowest BCUT2D eigenvalue weighted by Crippen LogP contribution is -2.37. The van der Waals surface area contributed by atoms with Gasteiger partial charge < -0.3 is 14.9 Å². The van der Waals surface area contributed by atoms with Crippen LogP contribution in [0.15, 0.2) is 48.5 Å². The van der Waals surface area contributed by atoms with Crippen molar-refractivity contribution in [3.8, 4) is 0 Å². The third-order valence-corrected chi connectivity index (χ3v) is 3.74. The van der Waals surface area contributed by atoms with Crippen LogP contribution in [0.4, 0.5) is 8.78 Å². The Morgan fingerprint density at radius 1 is 0.952 bits per heavy atom. The molecule has 0 saturated carbocycles. The Labute approximate surface area is 120 Å². The normalized spacial score (nSPS) is 21.3. The number of aliphatic hydroxyl groups is 2. The Bertz CT molecular complexity index is 614. The van der Waals surface area contributed by atoms with Gasteiger partial charge in [0.05, 0.1) is 6.61 Å². The van der Waals surface area contributed by atoms with Crippen molar-refractivity contribution in [2.24, 2.45) is 0 Å². The number of ether oxygens (including phenoxy) is 1. The molecule has 0 radical (unpaired) electrons. The average Bonchev–Trinajstić information content (AvgIpc) is 3.27. The standard InChI is InChI=1S/C16H14F2O3/c17-12-7-3-1-5-10(12)16(20,15-14(9-19)21-15)11-6-2-4-8-13(11)18/h1-8,14-15,19-20H,9H2/t14-,15-/m1/s1. The Morgan fingerprint density at radius 2 is 1.43 bits per heavy atom. The maximum absolute atomic E-state index is 14.1. The minimum Gasteiger partial charge on any atom is -0.394 e. The first-order chi connectivity index (χ1) is 10.1. The van der Waals surface area contributed by atoms with Crippen molar-refractivity contribution in [1.29, 1.82) is 0 Å². The fourth-order valence-electron chi connectivity index (χ4n) is 2.64. The van der Waals surface area contributed by atoms with Crippen LogP contribution in [-0.4, -0.2) is 29.0 Å². The molecule has 21 heavy (non-hydrogen) atoms. The molecule has 0 bridgehead atoms. The molecule has 1 heterocycles. The third-order valence-electron chi connectivity index (χ3n) is 3.74. The van der Waals surface area contributed by atoms with Gasteiger partial charge in [-0.1, -0.05) is 36.4 Å². The largest absolute Gasteiger partial charge is 0.394 e. The molecule has 0 aromatic heterocycles. The number of rotatable bonds is 4. The summed E-state index contributed by atoms with van der Waals surface area (Å²) in [5, 5.41) is 20.2. The van der Waals surface area contributed by atoms with Crippen molar-refractivity contribution in [2.45, 2.75) is 17.8 Å². The molecule has 1 aliphatic heterocycles. The first-order valence-corrected chi connectivity index (χ1v) is 6.57. The highest BCUT2D eigenvalue weighted by atomic mass is 19.1. The van der Waals surface area contributed by atoms with E-state index in [4.69, 9.17) is 9.84 Å². The Kier molecular flexibility index (Phi) is 3.49. The molecule has 3 nitrogen and oxygen atoms in total. The molecule has 0 amide bonds. The van der Waals surface area contributed by atoms with Crippen LogP contribution in [0.3, 0.4) is 0 Å². The Hall–Kier alpha value is -1.82. The molecule has 3 rings (SSSR count). The van der Waals surface area contributed by atoms with Gasteiger partial charge in [-0.25, -0.2) is 8.78 Å². The van der Waals surface area contributed by atoms with E-state index in [0.29, 0.717) is 0 Å². The molecular formula is C16H14F2O3. The smallest absolute Gasteiger partial charge is 0.149 e. The average molecular weight is 292 g/mol. The van der Waals surface area contributed by atoms with Crippen molar-refractivity contribution in [1.82, 2.24) is 0 Å². The molecule has 110 valence electrons. The van der Waals surface area contributed by atoms with Crippen molar-refractivity contribution < 1.29 is 23.7 Å². The molecule has 2 aromatic carbocycles. The summed E-state index contributed by atoms with van der Waals surface area (Å²) in [5.41, 5.74) is -2.13. The minimum atomic E-state index is -1.98. The van der Waals surface area contributed by atoms with Gasteiger partial charge in [0.1, 0.15) is 29.4 Å². The van der Waals surface area contributed by atoms with E-state index < -0.39 is 29.4 Å². The van der Waals surface area contributed by atoms with Crippen molar-refractivity contribution in [3.63, 3.8) is 0 Å². The van der Waals surface area contributed by atoms with Gasteiger partial charge >= 0.3 is 0 Å². The summed E-state index contributed by atoms with van der Waals surface area (Å²) in [6.07, 6.45) is -1.54. The zero-order chi connectivity index (χ0) is 15.0. The van der Waals surface area contributed by atoms with E-state index in [9.17, 15) is 13.9 Å². The van der Waals surface area contributed by atoms with Gasteiger partial charge in [0.25, 0.3) is 0 Å². The summed E-state index contributed by atoms with van der Waals surface area (Å²) in [6, 6.07) is 11.2. The van der Waals surface area contributed by atoms with Crippen LogP contribution in [0.25, 0.3) is 0 Å². The van der Waals surface area contributed by atoms with Crippen LogP contribution in [0.2, 0.25) is 0 Å². The van der Waals surface area contributed by atoms with Gasteiger partial charge in [-0.3, -0.25) is 0 Å². The second-order valence-corrected chi connectivity index (χ2v) is 5.00. The van der Waals surface area contributed by atoms with E-state index >= 15 is 0 Å². The molecule has 0 spiro atoms. The second kappa shape index (κ2) is 5.18. The number of hydrogen-bond acceptors (Lipinski definition) is 3. The second-order valence-electron chi connectivity index (χ2n) is 5.00. The Morgan fingerprint density at radius 3 is 1.81 bits per heavy atom. The quantitative estimate of drug-likeness (QED) is 0.847. The first kappa shape index (κ1) is 14.1. The van der Waals surface area contributed by atoms with Gasteiger partial charge in [0.2, 0.25) is 0 Å². The zero-order valence-electron chi connectivity index (χ0n) is 11.0. The highest BCUT2D eigenvalue weighted by molar-refractivity contribution is 5.41. The summed E-state index contributed by atoms with van der Waals surface area (Å²) in [5.74, 6) is -1.31. The van der Waals surface area contributed by atoms with E-state index in [1.165, 1.54) is 36.4 Å². The van der Waals surface area contributed by atoms with Crippen LogP contribution in [0.1, 0.15) is 11.1 Å². The van der Waals surface area contributed by atoms with E-state index in [1.54, 1.807) is 12.1 Å². The van der Waals surface area contributed by atoms with E-state index in [-0.39, 0.29) is 17.7 Å². The monoisotopic (exact) mass is 292 g/mol. The molecule has 0 aliphatic carbocycles. The summed E-state index contributed by atoms with van der Waals surface area (Å²) in [7, 11) is 0. The highest BCUT2D eigenvalue weighted by Crippen LogP contribution is 2.45. The number of aliphatic hydroxyl groups excluding tert-OH is 1. The minimum absolute atomic E-state index is 0.0731. The number of halogens is 2. The number of benzene rings is 2. The fourth-order valence-corrected chi connectivity index (χ4v) is 2.64. The lowest BCUT2D eigenvalue weighted by Gasteiger charge is -2.28. The van der Waals surface area contributed by atoms with Crippen LogP contribution in [-0.2, 0) is 10.3 Å². The van der Waals surface area contributed by atoms with E-state index in [1.807, 2.05) is 0 Å². The van der Waals surface area contributed by atoms with E-state index in [0.717, 1.165) is 0 Å². The number of hydrogen-bond donors (Lipinski definition) is 2. The molecule has 0 unspecified atom stereocenters. The SMILES string of the molecule is OC[C@H]1O[C@H]1C(O)(c1ccccc1F)c1ccccc1F. The van der Waals surface area contributed by atoms with Gasteiger partial charge in [-0.05, 0) is 12.1 Å². The van der Waals surface area contributed by atoms with Crippen molar-refractivity contribution >= 4 is 0 Å². The van der Waals surface area contributed by atoms with Gasteiger partial charge in [-0.2, -0.15) is 0 Å². The lowest BCUT2D eigenvalue weighted by atomic mass is 9.81. The topological polar surface area (TPSA) is 53.0 Å². The maximum Gasteiger partial charge on any atom is 0.149 e. The van der Waals surface area contributed by atoms with Gasteiger partial charge in [0, 0.05) is 11.1 Å². The lowest BCUT2D eigenvalue weighted by molar-refractivity contribution is 0.0409. The van der Waals surface area contributed by atoms with Crippen LogP contribution in [0, 0.1) is 11.6 Å². The van der Waals surface area contributed by atoms with Crippen LogP contribution < -0.4 is 0 Å². The molecule has 2 N–H and O–H groups in total. The summed E-state index contributed by atoms with van der Waals surface area (Å²) in [6.45, 7) is -0.324. The predicted molar refractivity (Wildman–Crippen MR) is 71.5 cm³/mol. The van der Waals surface area contributed by atoms with Crippen molar-refractivity contribution in [3.05, 3.63) is 71.3 Å². The molecule has 2 aromatic rings. The van der Waals surface area contributed by atoms with Gasteiger partial charge in [0.15, 0.2) is 0 Å². The molecule has 5 heteroatoms. The molecule has 1 saturated heterocycles. The Balaban J connectivity index is 2.17.